The molecule has 0 unspecified atom stereocenters. The second kappa shape index (κ2) is 4.76. The van der Waals surface area contributed by atoms with Crippen LogP contribution in [0.3, 0.4) is 0 Å². The van der Waals surface area contributed by atoms with Crippen LogP contribution in [-0.2, 0) is 21.7 Å². The Balaban J connectivity index is 0.000000605. The van der Waals surface area contributed by atoms with Crippen molar-refractivity contribution in [2.45, 2.75) is 6.92 Å². The molecule has 0 aromatic heterocycles. The summed E-state index contributed by atoms with van der Waals surface area (Å²) in [5, 5.41) is 2.72. The largest absolute Gasteiger partial charge is 0.168 e. The average Bonchev–Trinajstić information content (AvgIpc) is 2.34. The Kier molecular flexibility index (Phi) is 4.70. The summed E-state index contributed by atoms with van der Waals surface area (Å²) in [6.07, 6.45) is 0. The van der Waals surface area contributed by atoms with Crippen LogP contribution in [0.2, 0.25) is 0 Å². The molecule has 2 heteroatoms. The van der Waals surface area contributed by atoms with Crippen LogP contribution in [0.4, 0.5) is 0 Å². The first-order valence-electron chi connectivity index (χ1n) is 3.49. The Morgan fingerprint density at radius 2 is 1.75 bits per heavy atom. The molecule has 0 radical (unpaired) electrons. The van der Waals surface area contributed by atoms with Gasteiger partial charge >= 0.3 is 0 Å². The molecule has 2 aromatic rings. The fourth-order valence-corrected chi connectivity index (χ4v) is 1.31. The van der Waals surface area contributed by atoms with E-state index in [-0.39, 0.29) is 34.1 Å². The van der Waals surface area contributed by atoms with Gasteiger partial charge in [-0.05, 0) is 0 Å². The second-order valence-corrected chi connectivity index (χ2v) is 2.60. The molecule has 0 bridgehead atoms. The van der Waals surface area contributed by atoms with Crippen molar-refractivity contribution in [2.24, 2.45) is 0 Å². The smallest absolute Gasteiger partial charge is 0 e. The first kappa shape index (κ1) is 11.8. The normalized spacial score (nSPS) is 8.75. The molecule has 0 fully saturated rings. The summed E-state index contributed by atoms with van der Waals surface area (Å²) in [6, 6.07) is 12.8. The fourth-order valence-electron chi connectivity index (χ4n) is 1.31. The monoisotopic (exact) mass is 213 g/mol. The molecule has 0 aliphatic heterocycles. The molecule has 0 aliphatic rings. The van der Waals surface area contributed by atoms with Gasteiger partial charge in [-0.2, -0.15) is 12.1 Å². The number of halogens is 1. The molecule has 2 rings (SSSR count). The van der Waals surface area contributed by atoms with Gasteiger partial charge in [0, 0.05) is 21.7 Å². The van der Waals surface area contributed by atoms with Crippen LogP contribution in [0.25, 0.3) is 10.8 Å². The molecule has 0 nitrogen and oxygen atoms in total. The number of hydrogen-bond donors (Lipinski definition) is 0. The molecule has 0 heterocycles. The first-order chi connectivity index (χ1) is 4.88. The van der Waals surface area contributed by atoms with Gasteiger partial charge in [0.25, 0.3) is 0 Å². The summed E-state index contributed by atoms with van der Waals surface area (Å²) in [7, 11) is 0. The SMILES string of the molecule is C[c-]1ccc2ccccc21.Cl.[Ti]. The van der Waals surface area contributed by atoms with E-state index in [9.17, 15) is 0 Å². The quantitative estimate of drug-likeness (QED) is 0.465. The summed E-state index contributed by atoms with van der Waals surface area (Å²) in [4.78, 5) is 0. The van der Waals surface area contributed by atoms with E-state index in [2.05, 4.69) is 43.3 Å². The maximum Gasteiger partial charge on any atom is 0 e. The van der Waals surface area contributed by atoms with Crippen molar-refractivity contribution in [1.29, 1.82) is 0 Å². The Morgan fingerprint density at radius 3 is 2.42 bits per heavy atom. The van der Waals surface area contributed by atoms with Crippen molar-refractivity contribution >= 4 is 23.2 Å². The van der Waals surface area contributed by atoms with Crippen LogP contribution in [0.5, 0.6) is 0 Å². The first-order valence-corrected chi connectivity index (χ1v) is 3.49. The third kappa shape index (κ3) is 1.95. The number of aryl methyl sites for hydroxylation is 1. The van der Waals surface area contributed by atoms with E-state index in [4.69, 9.17) is 0 Å². The maximum atomic E-state index is 2.16. The topological polar surface area (TPSA) is 0 Å². The third-order valence-electron chi connectivity index (χ3n) is 1.90. The van der Waals surface area contributed by atoms with E-state index >= 15 is 0 Å². The minimum atomic E-state index is 0. The van der Waals surface area contributed by atoms with E-state index in [0.717, 1.165) is 0 Å². The molecule has 0 N–H and O–H groups in total. The molecule has 0 aliphatic carbocycles. The van der Waals surface area contributed by atoms with Crippen molar-refractivity contribution in [3.8, 4) is 0 Å². The molecule has 2 aromatic carbocycles. The molecular weight excluding hydrogens is 203 g/mol. The van der Waals surface area contributed by atoms with E-state index in [1.54, 1.807) is 0 Å². The zero-order chi connectivity index (χ0) is 6.97. The maximum absolute atomic E-state index is 2.16. The van der Waals surface area contributed by atoms with Gasteiger partial charge in [0.1, 0.15) is 0 Å². The Morgan fingerprint density at radius 1 is 1.08 bits per heavy atom. The zero-order valence-corrected chi connectivity index (χ0v) is 9.25. The van der Waals surface area contributed by atoms with E-state index < -0.39 is 0 Å². The predicted octanol–water partition coefficient (Wildman–Crippen LogP) is 3.29. The van der Waals surface area contributed by atoms with Gasteiger partial charge < -0.3 is 0 Å². The van der Waals surface area contributed by atoms with E-state index in [1.165, 1.54) is 16.3 Å². The average molecular weight is 214 g/mol. The molecule has 0 atom stereocenters. The Labute approximate surface area is 93.6 Å². The minimum Gasteiger partial charge on any atom is -0.168 e. The van der Waals surface area contributed by atoms with Gasteiger partial charge in [-0.15, -0.1) is 46.9 Å². The molecule has 0 spiro atoms. The number of fused-ring (bicyclic) bond motifs is 1. The van der Waals surface area contributed by atoms with Crippen molar-refractivity contribution < 1.29 is 21.7 Å². The van der Waals surface area contributed by atoms with Gasteiger partial charge in [0.05, 0.1) is 0 Å². The number of rotatable bonds is 0. The molecule has 12 heavy (non-hydrogen) atoms. The van der Waals surface area contributed by atoms with Crippen molar-refractivity contribution in [3.05, 3.63) is 42.0 Å². The zero-order valence-electron chi connectivity index (χ0n) is 6.87. The number of hydrogen-bond acceptors (Lipinski definition) is 0. The summed E-state index contributed by atoms with van der Waals surface area (Å²) in [5.74, 6) is 0. The van der Waals surface area contributed by atoms with Crippen molar-refractivity contribution in [1.82, 2.24) is 0 Å². The Hall–Kier alpha value is -0.166. The summed E-state index contributed by atoms with van der Waals surface area (Å²) < 4.78 is 0. The molecular formula is C10H10ClTi-. The summed E-state index contributed by atoms with van der Waals surface area (Å²) in [5.41, 5.74) is 1.37. The summed E-state index contributed by atoms with van der Waals surface area (Å²) >= 11 is 0. The van der Waals surface area contributed by atoms with Gasteiger partial charge in [-0.25, -0.2) is 0 Å². The van der Waals surface area contributed by atoms with Crippen LogP contribution in [0.1, 0.15) is 5.56 Å². The van der Waals surface area contributed by atoms with Gasteiger partial charge in [-0.1, -0.05) is 13.0 Å². The molecule has 0 amide bonds. The van der Waals surface area contributed by atoms with Gasteiger partial charge in [0.15, 0.2) is 0 Å². The molecule has 62 valence electrons. The number of benzene rings is 1. The van der Waals surface area contributed by atoms with Crippen LogP contribution in [0, 0.1) is 6.92 Å². The molecule has 0 saturated heterocycles. The fraction of sp³-hybridized carbons (Fsp3) is 0.100. The van der Waals surface area contributed by atoms with Crippen LogP contribution < -0.4 is 0 Å². The van der Waals surface area contributed by atoms with Crippen LogP contribution in [0.15, 0.2) is 36.4 Å². The minimum absolute atomic E-state index is 0. The van der Waals surface area contributed by atoms with E-state index in [1.807, 2.05) is 0 Å². The van der Waals surface area contributed by atoms with Gasteiger partial charge in [0.2, 0.25) is 0 Å². The van der Waals surface area contributed by atoms with E-state index in [0.29, 0.717) is 0 Å². The van der Waals surface area contributed by atoms with Crippen LogP contribution in [-0.4, -0.2) is 0 Å². The van der Waals surface area contributed by atoms with Crippen molar-refractivity contribution in [2.75, 3.05) is 0 Å². The van der Waals surface area contributed by atoms with Crippen molar-refractivity contribution in [3.63, 3.8) is 0 Å². The summed E-state index contributed by atoms with van der Waals surface area (Å²) in [6.45, 7) is 2.14. The third-order valence-corrected chi connectivity index (χ3v) is 1.90. The molecule has 0 saturated carbocycles. The predicted molar refractivity (Wildman–Crippen MR) is 51.5 cm³/mol. The Bertz CT molecular complexity index is 351. The van der Waals surface area contributed by atoms with Crippen LogP contribution >= 0.6 is 12.4 Å². The van der Waals surface area contributed by atoms with Gasteiger partial charge in [-0.3, -0.25) is 0 Å². The second-order valence-electron chi connectivity index (χ2n) is 2.60. The standard InChI is InChI=1S/C10H9.ClH.Ti/c1-8-6-7-9-4-2-3-5-10(8)9;;/h2-7H,1H3;1H;/q-1;;.